The standard InChI is InChI=1S/C19H22O2/c1-6-14-8-7-9-15(10-14)16-11-17(20-4)19(13(2)3)18(12-16)21-5/h6-13H,1H2,2-5H3. The van der Waals surface area contributed by atoms with E-state index in [4.69, 9.17) is 9.47 Å². The maximum absolute atomic E-state index is 5.57. The van der Waals surface area contributed by atoms with Crippen molar-refractivity contribution in [3.05, 3.63) is 54.1 Å². The lowest BCUT2D eigenvalue weighted by Crippen LogP contribution is -1.99. The molecular formula is C19H22O2. The largest absolute Gasteiger partial charge is 0.496 e. The maximum atomic E-state index is 5.57. The maximum Gasteiger partial charge on any atom is 0.126 e. The van der Waals surface area contributed by atoms with E-state index in [0.29, 0.717) is 5.92 Å². The third kappa shape index (κ3) is 3.10. The normalized spacial score (nSPS) is 10.5. The van der Waals surface area contributed by atoms with Crippen LogP contribution in [0.5, 0.6) is 11.5 Å². The predicted octanol–water partition coefficient (Wildman–Crippen LogP) is 5.14. The molecule has 0 amide bonds. The molecule has 0 heterocycles. The molecule has 0 atom stereocenters. The smallest absolute Gasteiger partial charge is 0.126 e. The third-order valence-electron chi connectivity index (χ3n) is 3.58. The van der Waals surface area contributed by atoms with Crippen LogP contribution >= 0.6 is 0 Å². The molecule has 2 heteroatoms. The van der Waals surface area contributed by atoms with Gasteiger partial charge in [-0.3, -0.25) is 0 Å². The van der Waals surface area contributed by atoms with Crippen LogP contribution in [0.1, 0.15) is 30.9 Å². The van der Waals surface area contributed by atoms with Crippen LogP contribution in [0.2, 0.25) is 0 Å². The van der Waals surface area contributed by atoms with Crippen molar-refractivity contribution in [2.75, 3.05) is 14.2 Å². The first-order valence-corrected chi connectivity index (χ1v) is 7.09. The number of hydrogen-bond donors (Lipinski definition) is 0. The van der Waals surface area contributed by atoms with Gasteiger partial charge in [0.1, 0.15) is 11.5 Å². The molecular weight excluding hydrogens is 260 g/mol. The van der Waals surface area contributed by atoms with Crippen LogP contribution in [0.3, 0.4) is 0 Å². The molecule has 0 unspecified atom stereocenters. The number of benzene rings is 2. The van der Waals surface area contributed by atoms with Gasteiger partial charge < -0.3 is 9.47 Å². The molecule has 0 saturated heterocycles. The minimum absolute atomic E-state index is 0.337. The van der Waals surface area contributed by atoms with Crippen LogP contribution in [0.15, 0.2) is 43.0 Å². The molecule has 2 nitrogen and oxygen atoms in total. The lowest BCUT2D eigenvalue weighted by Gasteiger charge is -2.18. The van der Waals surface area contributed by atoms with Crippen molar-refractivity contribution < 1.29 is 9.47 Å². The van der Waals surface area contributed by atoms with E-state index in [2.05, 4.69) is 44.7 Å². The van der Waals surface area contributed by atoms with Gasteiger partial charge in [0.15, 0.2) is 0 Å². The predicted molar refractivity (Wildman–Crippen MR) is 89.2 cm³/mol. The molecule has 2 aromatic carbocycles. The van der Waals surface area contributed by atoms with E-state index in [0.717, 1.165) is 33.8 Å². The summed E-state index contributed by atoms with van der Waals surface area (Å²) in [4.78, 5) is 0. The Morgan fingerprint density at radius 3 is 2.05 bits per heavy atom. The van der Waals surface area contributed by atoms with Gasteiger partial charge in [-0.2, -0.15) is 0 Å². The van der Waals surface area contributed by atoms with E-state index < -0.39 is 0 Å². The van der Waals surface area contributed by atoms with Gasteiger partial charge in [0.05, 0.1) is 14.2 Å². The van der Waals surface area contributed by atoms with Gasteiger partial charge in [-0.25, -0.2) is 0 Å². The molecule has 21 heavy (non-hydrogen) atoms. The van der Waals surface area contributed by atoms with Crippen molar-refractivity contribution >= 4 is 6.08 Å². The second-order valence-electron chi connectivity index (χ2n) is 5.28. The zero-order chi connectivity index (χ0) is 15.4. The minimum Gasteiger partial charge on any atom is -0.496 e. The van der Waals surface area contributed by atoms with E-state index in [9.17, 15) is 0 Å². The molecule has 0 spiro atoms. The van der Waals surface area contributed by atoms with Gasteiger partial charge in [0.2, 0.25) is 0 Å². The Kier molecular flexibility index (Phi) is 4.69. The number of methoxy groups -OCH3 is 2. The molecule has 0 aliphatic rings. The highest BCUT2D eigenvalue weighted by atomic mass is 16.5. The second-order valence-corrected chi connectivity index (χ2v) is 5.28. The van der Waals surface area contributed by atoms with E-state index in [1.54, 1.807) is 14.2 Å². The molecule has 0 aromatic heterocycles. The van der Waals surface area contributed by atoms with Crippen molar-refractivity contribution in [3.8, 4) is 22.6 Å². The zero-order valence-electron chi connectivity index (χ0n) is 13.1. The van der Waals surface area contributed by atoms with Crippen LogP contribution in [-0.2, 0) is 0 Å². The minimum atomic E-state index is 0.337. The Morgan fingerprint density at radius 1 is 0.952 bits per heavy atom. The quantitative estimate of drug-likeness (QED) is 0.756. The molecule has 0 N–H and O–H groups in total. The highest BCUT2D eigenvalue weighted by Gasteiger charge is 2.16. The van der Waals surface area contributed by atoms with Crippen molar-refractivity contribution in [2.24, 2.45) is 0 Å². The SMILES string of the molecule is C=Cc1cccc(-c2cc(OC)c(C(C)C)c(OC)c2)c1. The van der Waals surface area contributed by atoms with Crippen LogP contribution in [0.4, 0.5) is 0 Å². The Labute approximate surface area is 127 Å². The second kappa shape index (κ2) is 6.49. The lowest BCUT2D eigenvalue weighted by atomic mass is 9.95. The van der Waals surface area contributed by atoms with Crippen molar-refractivity contribution in [2.45, 2.75) is 19.8 Å². The lowest BCUT2D eigenvalue weighted by molar-refractivity contribution is 0.382. The van der Waals surface area contributed by atoms with Gasteiger partial charge in [-0.1, -0.05) is 44.7 Å². The topological polar surface area (TPSA) is 18.5 Å². The number of rotatable bonds is 5. The molecule has 0 aliphatic heterocycles. The molecule has 0 bridgehead atoms. The van der Waals surface area contributed by atoms with Crippen molar-refractivity contribution in [3.63, 3.8) is 0 Å². The Balaban J connectivity index is 2.62. The Bertz CT molecular complexity index is 617. The highest BCUT2D eigenvalue weighted by Crippen LogP contribution is 2.39. The molecule has 0 aliphatic carbocycles. The van der Waals surface area contributed by atoms with Crippen molar-refractivity contribution in [1.29, 1.82) is 0 Å². The Morgan fingerprint density at radius 2 is 1.57 bits per heavy atom. The van der Waals surface area contributed by atoms with E-state index >= 15 is 0 Å². The van der Waals surface area contributed by atoms with Crippen LogP contribution in [0, 0.1) is 0 Å². The summed E-state index contributed by atoms with van der Waals surface area (Å²) in [5, 5.41) is 0. The number of hydrogen-bond acceptors (Lipinski definition) is 2. The molecule has 110 valence electrons. The summed E-state index contributed by atoms with van der Waals surface area (Å²) in [5.41, 5.74) is 4.40. The van der Waals surface area contributed by atoms with Crippen LogP contribution in [-0.4, -0.2) is 14.2 Å². The number of ether oxygens (including phenoxy) is 2. The van der Waals surface area contributed by atoms with Gasteiger partial charge in [-0.05, 0) is 40.8 Å². The first kappa shape index (κ1) is 15.2. The monoisotopic (exact) mass is 282 g/mol. The Hall–Kier alpha value is -2.22. The fourth-order valence-corrected chi connectivity index (χ4v) is 2.52. The summed E-state index contributed by atoms with van der Waals surface area (Å²) in [6.07, 6.45) is 1.85. The molecule has 2 aromatic rings. The fourth-order valence-electron chi connectivity index (χ4n) is 2.52. The van der Waals surface area contributed by atoms with Crippen LogP contribution in [0.25, 0.3) is 17.2 Å². The highest BCUT2D eigenvalue weighted by molar-refractivity contribution is 5.71. The van der Waals surface area contributed by atoms with Gasteiger partial charge in [0.25, 0.3) is 0 Å². The third-order valence-corrected chi connectivity index (χ3v) is 3.58. The van der Waals surface area contributed by atoms with Gasteiger partial charge in [-0.15, -0.1) is 0 Å². The first-order valence-electron chi connectivity index (χ1n) is 7.09. The summed E-state index contributed by atoms with van der Waals surface area (Å²) in [7, 11) is 3.40. The van der Waals surface area contributed by atoms with Crippen LogP contribution < -0.4 is 9.47 Å². The van der Waals surface area contributed by atoms with E-state index in [-0.39, 0.29) is 0 Å². The molecule has 2 rings (SSSR count). The average Bonchev–Trinajstić information content (AvgIpc) is 2.53. The van der Waals surface area contributed by atoms with Gasteiger partial charge >= 0.3 is 0 Å². The molecule has 0 radical (unpaired) electrons. The summed E-state index contributed by atoms with van der Waals surface area (Å²) in [6, 6.07) is 12.4. The summed E-state index contributed by atoms with van der Waals surface area (Å²) >= 11 is 0. The van der Waals surface area contributed by atoms with E-state index in [1.807, 2.05) is 18.2 Å². The summed E-state index contributed by atoms with van der Waals surface area (Å²) in [5.74, 6) is 2.06. The first-order chi connectivity index (χ1) is 10.1. The van der Waals surface area contributed by atoms with Gasteiger partial charge in [0, 0.05) is 5.56 Å². The zero-order valence-corrected chi connectivity index (χ0v) is 13.1. The summed E-state index contributed by atoms with van der Waals surface area (Å²) in [6.45, 7) is 8.10. The van der Waals surface area contributed by atoms with Crippen molar-refractivity contribution in [1.82, 2.24) is 0 Å². The average molecular weight is 282 g/mol. The molecule has 0 saturated carbocycles. The fraction of sp³-hybridized carbons (Fsp3) is 0.263. The van der Waals surface area contributed by atoms with E-state index in [1.165, 1.54) is 0 Å². The molecule has 0 fully saturated rings. The summed E-state index contributed by atoms with van der Waals surface area (Å²) < 4.78 is 11.1.